The van der Waals surface area contributed by atoms with E-state index >= 15 is 0 Å². The highest BCUT2D eigenvalue weighted by molar-refractivity contribution is 7.89. The van der Waals surface area contributed by atoms with Gasteiger partial charge >= 0.3 is 0 Å². The van der Waals surface area contributed by atoms with E-state index in [1.165, 1.54) is 4.31 Å². The number of benzene rings is 1. The highest BCUT2D eigenvalue weighted by Gasteiger charge is 2.36. The van der Waals surface area contributed by atoms with Crippen LogP contribution in [0, 0.1) is 0 Å². The van der Waals surface area contributed by atoms with Crippen molar-refractivity contribution in [3.05, 3.63) is 29.8 Å². The Balaban J connectivity index is 2.29. The number of nitrogens with zero attached hydrogens (tertiary/aromatic N) is 1. The van der Waals surface area contributed by atoms with Crippen molar-refractivity contribution >= 4 is 15.9 Å². The molecule has 6 nitrogen and oxygen atoms in total. The van der Waals surface area contributed by atoms with Gasteiger partial charge in [-0.05, 0) is 43.5 Å². The standard InChI is InChI=1S/C14H21N3O3S/c15-9-8-11-4-6-12(7-5-11)21(19,20)17-10-2-1-3-13(17)14(16)18/h4-7,13H,1-3,8-10,15H2,(H2,16,18). The SMILES string of the molecule is NCCc1ccc(S(=O)(=O)N2CCCCC2C(N)=O)cc1. The van der Waals surface area contributed by atoms with Crippen LogP contribution in [-0.2, 0) is 21.2 Å². The summed E-state index contributed by atoms with van der Waals surface area (Å²) >= 11 is 0. The lowest BCUT2D eigenvalue weighted by molar-refractivity contribution is -0.122. The Kier molecular flexibility index (Phi) is 4.97. The molecule has 0 aliphatic carbocycles. The number of carbonyl (C=O) groups excluding carboxylic acids is 1. The van der Waals surface area contributed by atoms with Gasteiger partial charge in [0.25, 0.3) is 0 Å². The third kappa shape index (κ3) is 3.42. The molecule has 116 valence electrons. The zero-order chi connectivity index (χ0) is 15.5. The summed E-state index contributed by atoms with van der Waals surface area (Å²) in [5.74, 6) is -0.585. The minimum atomic E-state index is -3.69. The Morgan fingerprint density at radius 2 is 1.90 bits per heavy atom. The molecule has 1 amide bonds. The van der Waals surface area contributed by atoms with Crippen LogP contribution in [0.4, 0.5) is 0 Å². The lowest BCUT2D eigenvalue weighted by Crippen LogP contribution is -2.50. The summed E-state index contributed by atoms with van der Waals surface area (Å²) in [4.78, 5) is 11.7. The fourth-order valence-corrected chi connectivity index (χ4v) is 4.27. The Morgan fingerprint density at radius 3 is 2.48 bits per heavy atom. The van der Waals surface area contributed by atoms with Gasteiger partial charge in [-0.3, -0.25) is 4.79 Å². The molecule has 21 heavy (non-hydrogen) atoms. The molecule has 1 unspecified atom stereocenters. The molecule has 0 bridgehead atoms. The summed E-state index contributed by atoms with van der Waals surface area (Å²) in [5.41, 5.74) is 11.8. The van der Waals surface area contributed by atoms with Crippen molar-refractivity contribution in [2.24, 2.45) is 11.5 Å². The number of primary amides is 1. The molecule has 1 aromatic rings. The second-order valence-corrected chi connectivity index (χ2v) is 7.10. The maximum Gasteiger partial charge on any atom is 0.243 e. The van der Waals surface area contributed by atoms with Crippen LogP contribution in [0.15, 0.2) is 29.2 Å². The van der Waals surface area contributed by atoms with Crippen molar-refractivity contribution in [2.75, 3.05) is 13.1 Å². The molecule has 2 rings (SSSR count). The highest BCUT2D eigenvalue weighted by Crippen LogP contribution is 2.25. The first kappa shape index (κ1) is 15.9. The molecule has 0 spiro atoms. The van der Waals surface area contributed by atoms with Gasteiger partial charge in [0.15, 0.2) is 0 Å². The van der Waals surface area contributed by atoms with Crippen molar-refractivity contribution < 1.29 is 13.2 Å². The predicted molar refractivity (Wildman–Crippen MR) is 79.9 cm³/mol. The van der Waals surface area contributed by atoms with Crippen molar-refractivity contribution in [1.82, 2.24) is 4.31 Å². The molecular weight excluding hydrogens is 290 g/mol. The van der Waals surface area contributed by atoms with Crippen LogP contribution in [0.2, 0.25) is 0 Å². The zero-order valence-corrected chi connectivity index (χ0v) is 12.7. The normalized spacial score (nSPS) is 20.3. The molecule has 1 saturated heterocycles. The van der Waals surface area contributed by atoms with E-state index in [4.69, 9.17) is 11.5 Å². The molecular formula is C14H21N3O3S. The van der Waals surface area contributed by atoms with Crippen molar-refractivity contribution in [2.45, 2.75) is 36.6 Å². The van der Waals surface area contributed by atoms with Crippen molar-refractivity contribution in [3.8, 4) is 0 Å². The summed E-state index contributed by atoms with van der Waals surface area (Å²) in [7, 11) is -3.69. The van der Waals surface area contributed by atoms with E-state index in [-0.39, 0.29) is 4.90 Å². The van der Waals surface area contributed by atoms with E-state index in [1.807, 2.05) is 0 Å². The second-order valence-electron chi connectivity index (χ2n) is 5.21. The Hall–Kier alpha value is -1.44. The number of piperidine rings is 1. The second kappa shape index (κ2) is 6.55. The molecule has 7 heteroatoms. The van der Waals surface area contributed by atoms with Gasteiger partial charge in [0, 0.05) is 6.54 Å². The van der Waals surface area contributed by atoms with Crippen LogP contribution < -0.4 is 11.5 Å². The lowest BCUT2D eigenvalue weighted by atomic mass is 10.0. The molecule has 1 aliphatic rings. The lowest BCUT2D eigenvalue weighted by Gasteiger charge is -2.32. The van der Waals surface area contributed by atoms with Crippen LogP contribution in [0.25, 0.3) is 0 Å². The van der Waals surface area contributed by atoms with E-state index in [9.17, 15) is 13.2 Å². The molecule has 1 aromatic carbocycles. The molecule has 0 radical (unpaired) electrons. The van der Waals surface area contributed by atoms with Gasteiger partial charge in [-0.2, -0.15) is 4.31 Å². The van der Waals surface area contributed by atoms with Crippen LogP contribution in [-0.4, -0.2) is 37.8 Å². The van der Waals surface area contributed by atoms with Gasteiger partial charge in [-0.15, -0.1) is 0 Å². The first-order chi connectivity index (χ1) is 9.96. The summed E-state index contributed by atoms with van der Waals surface area (Å²) in [6, 6.07) is 5.89. The van der Waals surface area contributed by atoms with Crippen LogP contribution >= 0.6 is 0 Å². The van der Waals surface area contributed by atoms with E-state index in [1.54, 1.807) is 24.3 Å². The minimum Gasteiger partial charge on any atom is -0.368 e. The zero-order valence-electron chi connectivity index (χ0n) is 11.9. The van der Waals surface area contributed by atoms with E-state index in [0.29, 0.717) is 25.9 Å². The maximum absolute atomic E-state index is 12.7. The molecule has 1 atom stereocenters. The van der Waals surface area contributed by atoms with Gasteiger partial charge in [-0.1, -0.05) is 18.6 Å². The van der Waals surface area contributed by atoms with E-state index in [0.717, 1.165) is 18.4 Å². The number of amides is 1. The molecule has 1 aliphatic heterocycles. The summed E-state index contributed by atoms with van der Waals surface area (Å²) in [5, 5.41) is 0. The third-order valence-corrected chi connectivity index (χ3v) is 5.67. The van der Waals surface area contributed by atoms with Crippen LogP contribution in [0.1, 0.15) is 24.8 Å². The smallest absolute Gasteiger partial charge is 0.243 e. The summed E-state index contributed by atoms with van der Waals surface area (Å²) in [6.07, 6.45) is 2.75. The first-order valence-corrected chi connectivity index (χ1v) is 8.51. The minimum absolute atomic E-state index is 0.191. The number of carbonyl (C=O) groups is 1. The summed E-state index contributed by atoms with van der Waals surface area (Å²) in [6.45, 7) is 0.850. The van der Waals surface area contributed by atoms with Crippen LogP contribution in [0.5, 0.6) is 0 Å². The Bertz CT molecular complexity index is 598. The molecule has 0 aromatic heterocycles. The largest absolute Gasteiger partial charge is 0.368 e. The molecule has 0 saturated carbocycles. The topological polar surface area (TPSA) is 106 Å². The molecule has 1 heterocycles. The molecule has 1 fully saturated rings. The van der Waals surface area contributed by atoms with Gasteiger partial charge in [0.2, 0.25) is 15.9 Å². The maximum atomic E-state index is 12.7. The Morgan fingerprint density at radius 1 is 1.24 bits per heavy atom. The van der Waals surface area contributed by atoms with Crippen LogP contribution in [0.3, 0.4) is 0 Å². The van der Waals surface area contributed by atoms with Gasteiger partial charge < -0.3 is 11.5 Å². The molecule has 4 N–H and O–H groups in total. The van der Waals surface area contributed by atoms with Crippen molar-refractivity contribution in [3.63, 3.8) is 0 Å². The average molecular weight is 311 g/mol. The van der Waals surface area contributed by atoms with Crippen molar-refractivity contribution in [1.29, 1.82) is 0 Å². The Labute approximate surface area is 125 Å². The summed E-state index contributed by atoms with van der Waals surface area (Å²) < 4.78 is 26.6. The van der Waals surface area contributed by atoms with Gasteiger partial charge in [-0.25, -0.2) is 8.42 Å². The number of sulfonamides is 1. The number of nitrogens with two attached hydrogens (primary N) is 2. The average Bonchev–Trinajstić information content (AvgIpc) is 2.48. The van der Waals surface area contributed by atoms with Gasteiger partial charge in [0.1, 0.15) is 6.04 Å². The van der Waals surface area contributed by atoms with E-state index < -0.39 is 22.0 Å². The predicted octanol–water partition coefficient (Wildman–Crippen LogP) is 0.216. The third-order valence-electron chi connectivity index (χ3n) is 3.75. The number of hydrogen-bond acceptors (Lipinski definition) is 4. The number of hydrogen-bond donors (Lipinski definition) is 2. The van der Waals surface area contributed by atoms with Gasteiger partial charge in [0.05, 0.1) is 4.90 Å². The monoisotopic (exact) mass is 311 g/mol. The first-order valence-electron chi connectivity index (χ1n) is 7.07. The number of rotatable bonds is 5. The fraction of sp³-hybridized carbons (Fsp3) is 0.500. The van der Waals surface area contributed by atoms with E-state index in [2.05, 4.69) is 0 Å². The fourth-order valence-electron chi connectivity index (χ4n) is 2.61. The quantitative estimate of drug-likeness (QED) is 0.811. The highest BCUT2D eigenvalue weighted by atomic mass is 32.2.